The molecule has 1 aromatic carbocycles. The van der Waals surface area contributed by atoms with Crippen molar-refractivity contribution < 1.29 is 19.4 Å². The molecule has 1 amide bonds. The van der Waals surface area contributed by atoms with E-state index in [1.807, 2.05) is 4.90 Å². The molecule has 1 aromatic rings. The third-order valence-corrected chi connectivity index (χ3v) is 7.57. The van der Waals surface area contributed by atoms with Crippen molar-refractivity contribution in [3.05, 3.63) is 23.3 Å². The Bertz CT molecular complexity index is 777. The summed E-state index contributed by atoms with van der Waals surface area (Å²) < 4.78 is 11.7. The van der Waals surface area contributed by atoms with E-state index in [0.29, 0.717) is 13.2 Å². The molecule has 152 valence electrons. The summed E-state index contributed by atoms with van der Waals surface area (Å²) in [5, 5.41) is 10.8. The van der Waals surface area contributed by atoms with Crippen LogP contribution in [0.1, 0.15) is 81.9 Å². The zero-order valence-corrected chi connectivity index (χ0v) is 16.8. The number of nitrogens with zero attached hydrogens (tertiary/aromatic N) is 1. The molecule has 5 rings (SSSR count). The Hall–Kier alpha value is -1.75. The molecule has 0 saturated heterocycles. The first-order valence-electron chi connectivity index (χ1n) is 11.0. The quantitative estimate of drug-likeness (QED) is 0.840. The molecule has 2 aliphatic carbocycles. The van der Waals surface area contributed by atoms with Crippen LogP contribution in [0.15, 0.2) is 12.1 Å². The number of carbonyl (C=O) groups excluding carboxylic acids is 1. The lowest BCUT2D eigenvalue weighted by atomic mass is 9.71. The number of aliphatic hydroxyl groups is 1. The van der Waals surface area contributed by atoms with E-state index in [4.69, 9.17) is 9.47 Å². The molecule has 1 atom stereocenters. The maximum absolute atomic E-state index is 13.3. The molecule has 5 nitrogen and oxygen atoms in total. The number of hydrogen-bond donors (Lipinski definition) is 1. The van der Waals surface area contributed by atoms with Crippen molar-refractivity contribution in [3.63, 3.8) is 0 Å². The summed E-state index contributed by atoms with van der Waals surface area (Å²) in [6.07, 6.45) is 8.44. The highest BCUT2D eigenvalue weighted by molar-refractivity contribution is 5.79. The Kier molecular flexibility index (Phi) is 4.34. The number of rotatable bonds is 2. The van der Waals surface area contributed by atoms with E-state index in [1.54, 1.807) is 0 Å². The number of benzene rings is 1. The van der Waals surface area contributed by atoms with E-state index in [9.17, 15) is 9.90 Å². The lowest BCUT2D eigenvalue weighted by Gasteiger charge is -2.47. The second-order valence-electron chi connectivity index (χ2n) is 9.38. The minimum Gasteiger partial charge on any atom is -0.486 e. The van der Waals surface area contributed by atoms with Gasteiger partial charge in [0.15, 0.2) is 11.5 Å². The molecule has 0 radical (unpaired) electrons. The van der Waals surface area contributed by atoms with E-state index >= 15 is 0 Å². The smallest absolute Gasteiger partial charge is 0.225 e. The van der Waals surface area contributed by atoms with Gasteiger partial charge < -0.3 is 19.5 Å². The highest BCUT2D eigenvalue weighted by atomic mass is 16.6. The van der Waals surface area contributed by atoms with E-state index in [0.717, 1.165) is 56.6 Å². The second kappa shape index (κ2) is 6.65. The molecule has 2 saturated carbocycles. The molecule has 0 aromatic heterocycles. The van der Waals surface area contributed by atoms with Crippen LogP contribution in [-0.4, -0.2) is 41.3 Å². The fourth-order valence-electron chi connectivity index (χ4n) is 6.00. The number of amides is 1. The lowest BCUT2D eigenvalue weighted by Crippen LogP contribution is -2.50. The average Bonchev–Trinajstić information content (AvgIpc) is 3.33. The summed E-state index contributed by atoms with van der Waals surface area (Å²) in [4.78, 5) is 15.4. The third-order valence-electron chi connectivity index (χ3n) is 7.57. The zero-order valence-electron chi connectivity index (χ0n) is 16.8. The number of ether oxygens (including phenoxy) is 2. The summed E-state index contributed by atoms with van der Waals surface area (Å²) in [6.45, 7) is 4.04. The summed E-state index contributed by atoms with van der Waals surface area (Å²) in [6, 6.07) is 4.30. The standard InChI is InChI=1S/C23H31NO4/c1-16-17-12-19-20(28-11-10-27-19)13-18(17)22(6-2-3-7-22)15-24(16)21(25)14-23(26)8-4-5-9-23/h12-13,16,26H,2-11,14-15H2,1H3/t16-/m0/s1. The maximum atomic E-state index is 13.3. The summed E-state index contributed by atoms with van der Waals surface area (Å²) in [5.41, 5.74) is 1.77. The largest absolute Gasteiger partial charge is 0.486 e. The van der Waals surface area contributed by atoms with Crippen molar-refractivity contribution in [3.8, 4) is 11.5 Å². The van der Waals surface area contributed by atoms with Gasteiger partial charge in [-0.15, -0.1) is 0 Å². The highest BCUT2D eigenvalue weighted by Gasteiger charge is 2.47. The summed E-state index contributed by atoms with van der Waals surface area (Å²) >= 11 is 0. The predicted molar refractivity (Wildman–Crippen MR) is 106 cm³/mol. The number of carbonyl (C=O) groups is 1. The first-order chi connectivity index (χ1) is 13.5. The van der Waals surface area contributed by atoms with Gasteiger partial charge in [0.25, 0.3) is 0 Å². The highest BCUT2D eigenvalue weighted by Crippen LogP contribution is 2.52. The lowest BCUT2D eigenvalue weighted by molar-refractivity contribution is -0.140. The number of hydrogen-bond acceptors (Lipinski definition) is 4. The Labute approximate surface area is 167 Å². The van der Waals surface area contributed by atoms with Gasteiger partial charge in [0, 0.05) is 12.0 Å². The van der Waals surface area contributed by atoms with Crippen LogP contribution in [0, 0.1) is 0 Å². The fraction of sp³-hybridized carbons (Fsp3) is 0.696. The van der Waals surface area contributed by atoms with Gasteiger partial charge in [-0.2, -0.15) is 0 Å². The number of fused-ring (bicyclic) bond motifs is 3. The molecule has 2 aliphatic heterocycles. The Morgan fingerprint density at radius 3 is 2.36 bits per heavy atom. The molecule has 2 heterocycles. The van der Waals surface area contributed by atoms with Gasteiger partial charge in [-0.3, -0.25) is 4.79 Å². The molecule has 1 spiro atoms. The topological polar surface area (TPSA) is 59.0 Å². The first-order valence-corrected chi connectivity index (χ1v) is 11.0. The van der Waals surface area contributed by atoms with Crippen LogP contribution in [-0.2, 0) is 10.2 Å². The molecular formula is C23H31NO4. The molecule has 5 heteroatoms. The third kappa shape index (κ3) is 2.90. The average molecular weight is 386 g/mol. The van der Waals surface area contributed by atoms with Crippen molar-refractivity contribution in [2.75, 3.05) is 19.8 Å². The van der Waals surface area contributed by atoms with E-state index in [2.05, 4.69) is 19.1 Å². The maximum Gasteiger partial charge on any atom is 0.225 e. The molecule has 28 heavy (non-hydrogen) atoms. The van der Waals surface area contributed by atoms with Crippen molar-refractivity contribution in [2.45, 2.75) is 81.8 Å². The normalized spacial score (nSPS) is 27.1. The molecule has 0 unspecified atom stereocenters. The molecule has 4 aliphatic rings. The van der Waals surface area contributed by atoms with Gasteiger partial charge in [0.05, 0.1) is 18.1 Å². The van der Waals surface area contributed by atoms with Crippen LogP contribution in [0.2, 0.25) is 0 Å². The zero-order chi connectivity index (χ0) is 19.4. The van der Waals surface area contributed by atoms with Crippen LogP contribution in [0.25, 0.3) is 0 Å². The Morgan fingerprint density at radius 2 is 1.68 bits per heavy atom. The van der Waals surface area contributed by atoms with Gasteiger partial charge in [-0.25, -0.2) is 0 Å². The van der Waals surface area contributed by atoms with E-state index in [1.165, 1.54) is 24.0 Å². The van der Waals surface area contributed by atoms with Crippen molar-refractivity contribution in [1.29, 1.82) is 0 Å². The second-order valence-corrected chi connectivity index (χ2v) is 9.38. The Balaban J connectivity index is 1.51. The van der Waals surface area contributed by atoms with Gasteiger partial charge in [-0.05, 0) is 55.9 Å². The van der Waals surface area contributed by atoms with Crippen LogP contribution in [0.3, 0.4) is 0 Å². The van der Waals surface area contributed by atoms with Crippen LogP contribution >= 0.6 is 0 Å². The minimum atomic E-state index is -0.799. The molecule has 2 fully saturated rings. The monoisotopic (exact) mass is 385 g/mol. The Morgan fingerprint density at radius 1 is 1.07 bits per heavy atom. The van der Waals surface area contributed by atoms with Crippen LogP contribution in [0.5, 0.6) is 11.5 Å². The van der Waals surface area contributed by atoms with Gasteiger partial charge >= 0.3 is 0 Å². The van der Waals surface area contributed by atoms with Gasteiger partial charge in [0.1, 0.15) is 13.2 Å². The van der Waals surface area contributed by atoms with E-state index in [-0.39, 0.29) is 23.8 Å². The van der Waals surface area contributed by atoms with Crippen molar-refractivity contribution in [1.82, 2.24) is 4.90 Å². The van der Waals surface area contributed by atoms with E-state index < -0.39 is 5.60 Å². The van der Waals surface area contributed by atoms with Gasteiger partial charge in [-0.1, -0.05) is 25.7 Å². The van der Waals surface area contributed by atoms with Crippen LogP contribution in [0.4, 0.5) is 0 Å². The van der Waals surface area contributed by atoms with Crippen molar-refractivity contribution >= 4 is 5.91 Å². The van der Waals surface area contributed by atoms with Crippen molar-refractivity contribution in [2.24, 2.45) is 0 Å². The summed E-state index contributed by atoms with van der Waals surface area (Å²) in [7, 11) is 0. The summed E-state index contributed by atoms with van der Waals surface area (Å²) in [5.74, 6) is 1.75. The molecule has 0 bridgehead atoms. The first kappa shape index (κ1) is 18.3. The van der Waals surface area contributed by atoms with Gasteiger partial charge in [0.2, 0.25) is 5.91 Å². The minimum absolute atomic E-state index is 0.00504. The SMILES string of the molecule is C[C@H]1c2cc3c(cc2C2(CCCC2)CN1C(=O)CC1(O)CCCC1)OCCO3. The fourth-order valence-corrected chi connectivity index (χ4v) is 6.00. The predicted octanol–water partition coefficient (Wildman–Crippen LogP) is 3.87. The molecular weight excluding hydrogens is 354 g/mol. The van der Waals surface area contributed by atoms with Crippen LogP contribution < -0.4 is 9.47 Å². The molecule has 1 N–H and O–H groups in total.